The number of aryl methyl sites for hydroxylation is 1. The Labute approximate surface area is 98.3 Å². The van der Waals surface area contributed by atoms with Gasteiger partial charge in [0.1, 0.15) is 0 Å². The number of fused-ring (bicyclic) bond motifs is 2. The molecule has 1 aromatic carbocycles. The molecule has 3 rings (SSSR count). The van der Waals surface area contributed by atoms with Gasteiger partial charge >= 0.3 is 0 Å². The SMILES string of the molecule is CC1CC2(CCCc3ccccc32)CCN1. The van der Waals surface area contributed by atoms with Gasteiger partial charge in [0.2, 0.25) is 0 Å². The second-order valence-corrected chi connectivity index (χ2v) is 5.60. The Kier molecular flexibility index (Phi) is 2.51. The minimum Gasteiger partial charge on any atom is -0.314 e. The summed E-state index contributed by atoms with van der Waals surface area (Å²) >= 11 is 0. The zero-order valence-electron chi connectivity index (χ0n) is 10.1. The number of nitrogens with one attached hydrogen (secondary N) is 1. The molecule has 2 aliphatic rings. The van der Waals surface area contributed by atoms with E-state index in [2.05, 4.69) is 36.5 Å². The molecule has 1 saturated heterocycles. The van der Waals surface area contributed by atoms with Gasteiger partial charge in [0.15, 0.2) is 0 Å². The minimum atomic E-state index is 0.500. The van der Waals surface area contributed by atoms with Crippen molar-refractivity contribution in [1.82, 2.24) is 5.32 Å². The summed E-state index contributed by atoms with van der Waals surface area (Å²) in [7, 11) is 0. The molecule has 1 heterocycles. The molecule has 1 N–H and O–H groups in total. The molecule has 86 valence electrons. The molecule has 2 unspecified atom stereocenters. The summed E-state index contributed by atoms with van der Waals surface area (Å²) in [5.41, 5.74) is 3.77. The first-order chi connectivity index (χ1) is 7.80. The molecular weight excluding hydrogens is 194 g/mol. The van der Waals surface area contributed by atoms with Crippen molar-refractivity contribution in [3.8, 4) is 0 Å². The molecule has 1 aliphatic carbocycles. The third kappa shape index (κ3) is 1.58. The van der Waals surface area contributed by atoms with Crippen LogP contribution in [0.4, 0.5) is 0 Å². The van der Waals surface area contributed by atoms with E-state index in [9.17, 15) is 0 Å². The maximum absolute atomic E-state index is 3.58. The number of hydrogen-bond acceptors (Lipinski definition) is 1. The first-order valence-electron chi connectivity index (χ1n) is 6.62. The van der Waals surface area contributed by atoms with Crippen molar-refractivity contribution in [2.45, 2.75) is 50.5 Å². The molecule has 1 aliphatic heterocycles. The van der Waals surface area contributed by atoms with E-state index >= 15 is 0 Å². The van der Waals surface area contributed by atoms with Crippen LogP contribution >= 0.6 is 0 Å². The smallest absolute Gasteiger partial charge is 0.00472 e. The van der Waals surface area contributed by atoms with Crippen LogP contribution in [0.3, 0.4) is 0 Å². The second kappa shape index (κ2) is 3.89. The number of benzene rings is 1. The van der Waals surface area contributed by atoms with Crippen LogP contribution in [0, 0.1) is 0 Å². The van der Waals surface area contributed by atoms with Crippen LogP contribution in [0.25, 0.3) is 0 Å². The largest absolute Gasteiger partial charge is 0.314 e. The molecule has 1 spiro atoms. The Morgan fingerprint density at radius 3 is 3.00 bits per heavy atom. The molecule has 0 radical (unpaired) electrons. The van der Waals surface area contributed by atoms with Crippen molar-refractivity contribution in [3.05, 3.63) is 35.4 Å². The van der Waals surface area contributed by atoms with E-state index in [1.54, 1.807) is 11.1 Å². The zero-order chi connectivity index (χ0) is 11.0. The van der Waals surface area contributed by atoms with E-state index in [0.717, 1.165) is 0 Å². The lowest BCUT2D eigenvalue weighted by molar-refractivity contribution is 0.231. The second-order valence-electron chi connectivity index (χ2n) is 5.60. The topological polar surface area (TPSA) is 12.0 Å². The molecule has 16 heavy (non-hydrogen) atoms. The normalized spacial score (nSPS) is 33.7. The predicted octanol–water partition coefficient (Wildman–Crippen LogP) is 3.03. The molecule has 0 saturated carbocycles. The Morgan fingerprint density at radius 2 is 2.12 bits per heavy atom. The van der Waals surface area contributed by atoms with Gasteiger partial charge in [0, 0.05) is 6.04 Å². The summed E-state index contributed by atoms with van der Waals surface area (Å²) < 4.78 is 0. The van der Waals surface area contributed by atoms with Crippen molar-refractivity contribution < 1.29 is 0 Å². The molecule has 0 amide bonds. The Hall–Kier alpha value is -0.820. The van der Waals surface area contributed by atoms with Gasteiger partial charge in [-0.15, -0.1) is 0 Å². The number of rotatable bonds is 0. The first kappa shape index (κ1) is 10.3. The molecule has 1 fully saturated rings. The predicted molar refractivity (Wildman–Crippen MR) is 67.8 cm³/mol. The Balaban J connectivity index is 2.02. The lowest BCUT2D eigenvalue weighted by Crippen LogP contribution is -2.46. The highest BCUT2D eigenvalue weighted by Crippen LogP contribution is 2.44. The highest BCUT2D eigenvalue weighted by Gasteiger charge is 2.39. The highest BCUT2D eigenvalue weighted by molar-refractivity contribution is 5.37. The lowest BCUT2D eigenvalue weighted by Gasteiger charge is -2.44. The van der Waals surface area contributed by atoms with Gasteiger partial charge in [-0.25, -0.2) is 0 Å². The van der Waals surface area contributed by atoms with E-state index in [1.165, 1.54) is 38.6 Å². The van der Waals surface area contributed by atoms with Gasteiger partial charge < -0.3 is 5.32 Å². The fourth-order valence-electron chi connectivity index (χ4n) is 3.80. The molecule has 0 aromatic heterocycles. The number of hydrogen-bond donors (Lipinski definition) is 1. The monoisotopic (exact) mass is 215 g/mol. The van der Waals surface area contributed by atoms with E-state index in [1.807, 2.05) is 0 Å². The molecule has 1 aromatic rings. The lowest BCUT2D eigenvalue weighted by atomic mass is 9.64. The molecule has 2 atom stereocenters. The fraction of sp³-hybridized carbons (Fsp3) is 0.600. The van der Waals surface area contributed by atoms with E-state index in [4.69, 9.17) is 0 Å². The summed E-state index contributed by atoms with van der Waals surface area (Å²) in [6.45, 7) is 3.52. The first-order valence-corrected chi connectivity index (χ1v) is 6.62. The molecular formula is C15H21N. The van der Waals surface area contributed by atoms with E-state index < -0.39 is 0 Å². The van der Waals surface area contributed by atoms with Crippen LogP contribution in [-0.4, -0.2) is 12.6 Å². The van der Waals surface area contributed by atoms with Gasteiger partial charge in [-0.3, -0.25) is 0 Å². The van der Waals surface area contributed by atoms with Crippen LogP contribution in [0.1, 0.15) is 43.7 Å². The van der Waals surface area contributed by atoms with Crippen LogP contribution in [0.5, 0.6) is 0 Å². The molecule has 0 bridgehead atoms. The Morgan fingerprint density at radius 1 is 1.25 bits per heavy atom. The van der Waals surface area contributed by atoms with Crippen molar-refractivity contribution in [3.63, 3.8) is 0 Å². The average Bonchev–Trinajstić information content (AvgIpc) is 2.30. The zero-order valence-corrected chi connectivity index (χ0v) is 10.1. The summed E-state index contributed by atoms with van der Waals surface area (Å²) in [6.07, 6.45) is 6.72. The van der Waals surface area contributed by atoms with Crippen LogP contribution in [0.2, 0.25) is 0 Å². The van der Waals surface area contributed by atoms with E-state index in [0.29, 0.717) is 11.5 Å². The molecule has 1 heteroatoms. The highest BCUT2D eigenvalue weighted by atomic mass is 14.9. The van der Waals surface area contributed by atoms with Crippen LogP contribution in [-0.2, 0) is 11.8 Å². The van der Waals surface area contributed by atoms with Gasteiger partial charge in [-0.1, -0.05) is 24.3 Å². The van der Waals surface area contributed by atoms with E-state index in [-0.39, 0.29) is 0 Å². The van der Waals surface area contributed by atoms with Gasteiger partial charge in [-0.05, 0) is 62.1 Å². The van der Waals surface area contributed by atoms with Crippen molar-refractivity contribution in [2.24, 2.45) is 0 Å². The fourth-order valence-corrected chi connectivity index (χ4v) is 3.80. The van der Waals surface area contributed by atoms with Gasteiger partial charge in [0.25, 0.3) is 0 Å². The minimum absolute atomic E-state index is 0.500. The van der Waals surface area contributed by atoms with Crippen LogP contribution < -0.4 is 5.32 Å². The molecule has 1 nitrogen and oxygen atoms in total. The summed E-state index contributed by atoms with van der Waals surface area (Å²) in [5.74, 6) is 0. The third-order valence-electron chi connectivity index (χ3n) is 4.48. The summed E-state index contributed by atoms with van der Waals surface area (Å²) in [5, 5.41) is 3.58. The quantitative estimate of drug-likeness (QED) is 0.701. The maximum atomic E-state index is 3.58. The third-order valence-corrected chi connectivity index (χ3v) is 4.48. The van der Waals surface area contributed by atoms with Gasteiger partial charge in [0.05, 0.1) is 0 Å². The van der Waals surface area contributed by atoms with Crippen LogP contribution in [0.15, 0.2) is 24.3 Å². The van der Waals surface area contributed by atoms with Crippen molar-refractivity contribution >= 4 is 0 Å². The van der Waals surface area contributed by atoms with Crippen molar-refractivity contribution in [2.75, 3.05) is 6.54 Å². The van der Waals surface area contributed by atoms with Gasteiger partial charge in [-0.2, -0.15) is 0 Å². The summed E-state index contributed by atoms with van der Waals surface area (Å²) in [4.78, 5) is 0. The number of piperidine rings is 1. The van der Waals surface area contributed by atoms with Crippen molar-refractivity contribution in [1.29, 1.82) is 0 Å². The maximum Gasteiger partial charge on any atom is 0.00472 e. The average molecular weight is 215 g/mol. The Bertz CT molecular complexity index is 385. The summed E-state index contributed by atoms with van der Waals surface area (Å²) in [6, 6.07) is 9.82. The standard InChI is InChI=1S/C15H21N/c1-12-11-15(9-10-16-12)8-4-6-13-5-2-3-7-14(13)15/h2-3,5,7,12,16H,4,6,8-11H2,1H3.